The number of carbonyl (C=O) groups is 1. The molecule has 1 atom stereocenters. The van der Waals surface area contributed by atoms with Gasteiger partial charge in [0.15, 0.2) is 0 Å². The van der Waals surface area contributed by atoms with Gasteiger partial charge in [0.1, 0.15) is 0 Å². The maximum absolute atomic E-state index is 12.8. The molecule has 1 fully saturated rings. The summed E-state index contributed by atoms with van der Waals surface area (Å²) >= 11 is 0. The van der Waals surface area contributed by atoms with Crippen LogP contribution < -0.4 is 10.6 Å². The highest BCUT2D eigenvalue weighted by Gasteiger charge is 2.27. The fraction of sp³-hybridized carbons (Fsp3) is 0.304. The van der Waals surface area contributed by atoms with Gasteiger partial charge in [-0.1, -0.05) is 30.3 Å². The molecule has 6 heteroatoms. The molecule has 0 bridgehead atoms. The molecule has 1 aliphatic rings. The monoisotopic (exact) mass is 389 g/mol. The predicted molar refractivity (Wildman–Crippen MR) is 117 cm³/mol. The summed E-state index contributed by atoms with van der Waals surface area (Å²) in [6.07, 6.45) is 2.66. The van der Waals surface area contributed by atoms with Crippen LogP contribution in [0.25, 0.3) is 5.69 Å². The van der Waals surface area contributed by atoms with Crippen molar-refractivity contribution >= 4 is 17.4 Å². The van der Waals surface area contributed by atoms with Gasteiger partial charge in [-0.3, -0.25) is 0 Å². The van der Waals surface area contributed by atoms with Crippen LogP contribution >= 0.6 is 0 Å². The first-order valence-electron chi connectivity index (χ1n) is 10.0. The van der Waals surface area contributed by atoms with Crippen molar-refractivity contribution in [2.75, 3.05) is 23.7 Å². The van der Waals surface area contributed by atoms with E-state index in [4.69, 9.17) is 0 Å². The van der Waals surface area contributed by atoms with Crippen molar-refractivity contribution in [3.8, 4) is 5.69 Å². The van der Waals surface area contributed by atoms with Crippen molar-refractivity contribution in [1.82, 2.24) is 14.7 Å². The Hall–Kier alpha value is -3.28. The largest absolute Gasteiger partial charge is 0.380 e. The normalized spacial score (nSPS) is 16.1. The van der Waals surface area contributed by atoms with Crippen molar-refractivity contribution in [2.45, 2.75) is 33.2 Å². The SMILES string of the molecule is Cc1ccc(C)c(-n2ncc(NC(=O)N3CCC(Nc4ccccc4)C3)c2C)c1. The number of aromatic nitrogens is 2. The molecule has 0 radical (unpaired) electrons. The Kier molecular flexibility index (Phi) is 5.25. The molecule has 6 nitrogen and oxygen atoms in total. The number of rotatable bonds is 4. The Morgan fingerprint density at radius 3 is 2.69 bits per heavy atom. The summed E-state index contributed by atoms with van der Waals surface area (Å²) in [6.45, 7) is 7.54. The van der Waals surface area contributed by atoms with Crippen LogP contribution in [-0.4, -0.2) is 39.8 Å². The van der Waals surface area contributed by atoms with E-state index in [1.54, 1.807) is 6.20 Å². The zero-order valence-corrected chi connectivity index (χ0v) is 17.1. The third-order valence-corrected chi connectivity index (χ3v) is 5.46. The topological polar surface area (TPSA) is 62.2 Å². The number of amides is 2. The van der Waals surface area contributed by atoms with Gasteiger partial charge in [0.05, 0.1) is 23.3 Å². The predicted octanol–water partition coefficient (Wildman–Crippen LogP) is 4.52. The van der Waals surface area contributed by atoms with Crippen LogP contribution in [0.2, 0.25) is 0 Å². The van der Waals surface area contributed by atoms with Gasteiger partial charge in [-0.2, -0.15) is 5.10 Å². The first-order chi connectivity index (χ1) is 14.0. The maximum Gasteiger partial charge on any atom is 0.322 e. The Morgan fingerprint density at radius 1 is 1.10 bits per heavy atom. The number of anilines is 2. The van der Waals surface area contributed by atoms with Crippen molar-refractivity contribution in [1.29, 1.82) is 0 Å². The minimum absolute atomic E-state index is 0.0778. The van der Waals surface area contributed by atoms with Gasteiger partial charge in [-0.25, -0.2) is 9.48 Å². The molecule has 1 saturated heterocycles. The van der Waals surface area contributed by atoms with Gasteiger partial charge in [0.25, 0.3) is 0 Å². The summed E-state index contributed by atoms with van der Waals surface area (Å²) < 4.78 is 1.89. The zero-order valence-electron chi connectivity index (χ0n) is 17.1. The second-order valence-electron chi connectivity index (χ2n) is 7.72. The maximum atomic E-state index is 12.8. The van der Waals surface area contributed by atoms with E-state index >= 15 is 0 Å². The summed E-state index contributed by atoms with van der Waals surface area (Å²) in [5.74, 6) is 0. The van der Waals surface area contributed by atoms with Crippen LogP contribution in [0, 0.1) is 20.8 Å². The molecule has 0 aliphatic carbocycles. The van der Waals surface area contributed by atoms with E-state index in [0.29, 0.717) is 6.54 Å². The van der Waals surface area contributed by atoms with Gasteiger partial charge in [-0.05, 0) is 56.5 Å². The van der Waals surface area contributed by atoms with Crippen molar-refractivity contribution in [3.05, 3.63) is 71.5 Å². The van der Waals surface area contributed by atoms with Gasteiger partial charge < -0.3 is 15.5 Å². The standard InChI is InChI=1S/C23H27N5O/c1-16-9-10-17(2)22(13-16)28-18(3)21(14-24-28)26-23(29)27-12-11-20(15-27)25-19-7-5-4-6-8-19/h4-10,13-14,20,25H,11-12,15H2,1-3H3,(H,26,29). The lowest BCUT2D eigenvalue weighted by atomic mass is 10.1. The zero-order chi connectivity index (χ0) is 20.4. The molecule has 2 heterocycles. The molecule has 1 unspecified atom stereocenters. The summed E-state index contributed by atoms with van der Waals surface area (Å²) in [5.41, 5.74) is 6.12. The number of likely N-dealkylation sites (tertiary alicyclic amines) is 1. The average molecular weight is 390 g/mol. The molecule has 1 aromatic heterocycles. The molecule has 2 amide bonds. The Bertz CT molecular complexity index is 1010. The fourth-order valence-electron chi connectivity index (χ4n) is 3.75. The third-order valence-electron chi connectivity index (χ3n) is 5.46. The molecule has 4 rings (SSSR count). The molecule has 2 N–H and O–H groups in total. The van der Waals surface area contributed by atoms with Gasteiger partial charge in [0.2, 0.25) is 0 Å². The lowest BCUT2D eigenvalue weighted by Gasteiger charge is -2.18. The highest BCUT2D eigenvalue weighted by Crippen LogP contribution is 2.23. The van der Waals surface area contributed by atoms with Gasteiger partial charge in [-0.15, -0.1) is 0 Å². The lowest BCUT2D eigenvalue weighted by molar-refractivity contribution is 0.222. The molecular weight excluding hydrogens is 362 g/mol. The molecule has 1 aliphatic heterocycles. The molecule has 29 heavy (non-hydrogen) atoms. The number of nitrogens with zero attached hydrogens (tertiary/aromatic N) is 3. The Morgan fingerprint density at radius 2 is 1.90 bits per heavy atom. The number of urea groups is 1. The van der Waals surface area contributed by atoms with Crippen LogP contribution in [-0.2, 0) is 0 Å². The molecular formula is C23H27N5O. The molecule has 3 aromatic rings. The number of para-hydroxylation sites is 1. The number of nitrogens with one attached hydrogen (secondary N) is 2. The molecule has 0 spiro atoms. The van der Waals surface area contributed by atoms with Crippen LogP contribution in [0.1, 0.15) is 23.2 Å². The third kappa shape index (κ3) is 4.11. The number of carbonyl (C=O) groups excluding carboxylic acids is 1. The van der Waals surface area contributed by atoms with E-state index < -0.39 is 0 Å². The first kappa shape index (κ1) is 19.1. The van der Waals surface area contributed by atoms with E-state index in [9.17, 15) is 4.79 Å². The molecule has 0 saturated carbocycles. The van der Waals surface area contributed by atoms with Crippen molar-refractivity contribution < 1.29 is 4.79 Å². The average Bonchev–Trinajstić information content (AvgIpc) is 3.32. The van der Waals surface area contributed by atoms with Crippen molar-refractivity contribution in [3.63, 3.8) is 0 Å². The van der Waals surface area contributed by atoms with E-state index in [-0.39, 0.29) is 12.1 Å². The number of benzene rings is 2. The number of hydrogen-bond acceptors (Lipinski definition) is 3. The van der Waals surface area contributed by atoms with Crippen LogP contribution in [0.15, 0.2) is 54.7 Å². The smallest absolute Gasteiger partial charge is 0.322 e. The second kappa shape index (κ2) is 7.99. The fourth-order valence-corrected chi connectivity index (χ4v) is 3.75. The van der Waals surface area contributed by atoms with E-state index in [2.05, 4.69) is 47.8 Å². The van der Waals surface area contributed by atoms with Crippen LogP contribution in [0.4, 0.5) is 16.2 Å². The number of hydrogen-bond donors (Lipinski definition) is 2. The summed E-state index contributed by atoms with van der Waals surface area (Å²) in [7, 11) is 0. The Labute approximate surface area is 171 Å². The van der Waals surface area contributed by atoms with Gasteiger partial charge >= 0.3 is 6.03 Å². The molecule has 2 aromatic carbocycles. The lowest BCUT2D eigenvalue weighted by Crippen LogP contribution is -2.35. The van der Waals surface area contributed by atoms with Crippen LogP contribution in [0.3, 0.4) is 0 Å². The van der Waals surface area contributed by atoms with Crippen LogP contribution in [0.5, 0.6) is 0 Å². The quantitative estimate of drug-likeness (QED) is 0.690. The number of aryl methyl sites for hydroxylation is 2. The highest BCUT2D eigenvalue weighted by molar-refractivity contribution is 5.90. The Balaban J connectivity index is 1.42. The van der Waals surface area contributed by atoms with E-state index in [1.807, 2.05) is 46.8 Å². The minimum Gasteiger partial charge on any atom is -0.380 e. The van der Waals surface area contributed by atoms with E-state index in [1.165, 1.54) is 5.56 Å². The van der Waals surface area contributed by atoms with E-state index in [0.717, 1.165) is 41.3 Å². The van der Waals surface area contributed by atoms with Gasteiger partial charge in [0, 0.05) is 24.8 Å². The summed E-state index contributed by atoms with van der Waals surface area (Å²) in [6, 6.07) is 16.6. The summed E-state index contributed by atoms with van der Waals surface area (Å²) in [5, 5.41) is 11.0. The minimum atomic E-state index is -0.0778. The highest BCUT2D eigenvalue weighted by atomic mass is 16.2. The second-order valence-corrected chi connectivity index (χ2v) is 7.72. The van der Waals surface area contributed by atoms with Crippen molar-refractivity contribution in [2.24, 2.45) is 0 Å². The molecule has 150 valence electrons. The summed E-state index contributed by atoms with van der Waals surface area (Å²) in [4.78, 5) is 14.6. The first-order valence-corrected chi connectivity index (χ1v) is 10.0.